The Morgan fingerprint density at radius 2 is 2.29 bits per heavy atom. The minimum Gasteiger partial charge on any atom is -0.507 e. The minimum absolute atomic E-state index is 0.0136. The number of anilines is 1. The number of rotatable bonds is 3. The van der Waals surface area contributed by atoms with Crippen LogP contribution in [0.5, 0.6) is 5.75 Å². The molecule has 1 aliphatic rings. The van der Waals surface area contributed by atoms with E-state index in [4.69, 9.17) is 0 Å². The average Bonchev–Trinajstić information content (AvgIpc) is 2.70. The molecule has 0 unspecified atom stereocenters. The number of benzene rings is 1. The summed E-state index contributed by atoms with van der Waals surface area (Å²) < 4.78 is 0. The highest BCUT2D eigenvalue weighted by molar-refractivity contribution is 5.85. The predicted octanol–water partition coefficient (Wildman–Crippen LogP) is 1.64. The van der Waals surface area contributed by atoms with E-state index in [0.717, 1.165) is 17.9 Å². The third-order valence-corrected chi connectivity index (χ3v) is 2.78. The van der Waals surface area contributed by atoms with Crippen molar-refractivity contribution in [3.05, 3.63) is 23.8 Å². The number of phenolic OH excluding ortho intramolecular Hbond substituents is 1. The van der Waals surface area contributed by atoms with E-state index in [-0.39, 0.29) is 5.75 Å². The summed E-state index contributed by atoms with van der Waals surface area (Å²) in [7, 11) is 1.97. The van der Waals surface area contributed by atoms with Gasteiger partial charge in [0.05, 0.1) is 11.3 Å². The Morgan fingerprint density at radius 3 is 2.82 bits per heavy atom. The van der Waals surface area contributed by atoms with E-state index in [1.807, 2.05) is 18.9 Å². The molecule has 0 aromatic heterocycles. The fourth-order valence-electron chi connectivity index (χ4n) is 1.80. The van der Waals surface area contributed by atoms with Gasteiger partial charge in [-0.2, -0.15) is 5.10 Å². The number of phenols is 1. The number of carbonyl (C=O) groups is 1. The number of hydrogen-bond donors (Lipinski definition) is 1. The molecule has 1 aromatic carbocycles. The van der Waals surface area contributed by atoms with E-state index < -0.39 is 0 Å². The molecule has 0 bridgehead atoms. The smallest absolute Gasteiger partial charge is 0.153 e. The summed E-state index contributed by atoms with van der Waals surface area (Å²) >= 11 is 0. The first kappa shape index (κ1) is 11.4. The molecule has 0 fully saturated rings. The lowest BCUT2D eigenvalue weighted by molar-refractivity contribution is 0.112. The molecule has 17 heavy (non-hydrogen) atoms. The molecule has 2 rings (SSSR count). The highest BCUT2D eigenvalue weighted by Gasteiger charge is 2.19. The highest BCUT2D eigenvalue weighted by Crippen LogP contribution is 2.26. The number of hydrazone groups is 1. The van der Waals surface area contributed by atoms with Crippen molar-refractivity contribution in [2.45, 2.75) is 13.3 Å². The second-order valence-corrected chi connectivity index (χ2v) is 3.97. The van der Waals surface area contributed by atoms with Gasteiger partial charge in [-0.15, -0.1) is 0 Å². The second kappa shape index (κ2) is 4.45. The molecule has 0 atom stereocenters. The molecule has 0 amide bonds. The van der Waals surface area contributed by atoms with Gasteiger partial charge in [0.15, 0.2) is 6.29 Å². The van der Waals surface area contributed by atoms with Crippen LogP contribution in [0, 0.1) is 0 Å². The maximum Gasteiger partial charge on any atom is 0.153 e. The number of nitrogens with zero attached hydrogens (tertiary/aromatic N) is 3. The predicted molar refractivity (Wildman–Crippen MR) is 66.3 cm³/mol. The van der Waals surface area contributed by atoms with Crippen LogP contribution in [0.15, 0.2) is 23.3 Å². The molecule has 0 spiro atoms. The van der Waals surface area contributed by atoms with Gasteiger partial charge >= 0.3 is 0 Å². The molecule has 1 N–H and O–H groups in total. The summed E-state index contributed by atoms with van der Waals surface area (Å²) in [4.78, 5) is 12.6. The van der Waals surface area contributed by atoms with Crippen molar-refractivity contribution in [2.24, 2.45) is 5.10 Å². The van der Waals surface area contributed by atoms with Crippen LogP contribution in [-0.2, 0) is 0 Å². The zero-order chi connectivity index (χ0) is 12.4. The maximum absolute atomic E-state index is 10.6. The Labute approximate surface area is 100.0 Å². The SMILES string of the molecule is CCC1=NN(c2ccc(C=O)c(O)c2)CN1C. The third kappa shape index (κ3) is 2.08. The molecule has 0 saturated heterocycles. The summed E-state index contributed by atoms with van der Waals surface area (Å²) in [6.45, 7) is 2.70. The first-order chi connectivity index (χ1) is 8.15. The van der Waals surface area contributed by atoms with E-state index in [9.17, 15) is 9.90 Å². The van der Waals surface area contributed by atoms with Crippen LogP contribution < -0.4 is 5.01 Å². The number of aromatic hydroxyl groups is 1. The zero-order valence-corrected chi connectivity index (χ0v) is 9.92. The third-order valence-electron chi connectivity index (χ3n) is 2.78. The summed E-state index contributed by atoms with van der Waals surface area (Å²) in [5.41, 5.74) is 1.07. The molecule has 0 radical (unpaired) electrons. The fourth-order valence-corrected chi connectivity index (χ4v) is 1.80. The van der Waals surface area contributed by atoms with E-state index in [1.54, 1.807) is 23.2 Å². The molecular weight excluding hydrogens is 218 g/mol. The van der Waals surface area contributed by atoms with Gasteiger partial charge in [0, 0.05) is 19.5 Å². The molecular formula is C12H15N3O2. The average molecular weight is 233 g/mol. The van der Waals surface area contributed by atoms with Crippen molar-refractivity contribution in [3.8, 4) is 5.75 Å². The lowest BCUT2D eigenvalue weighted by Crippen LogP contribution is -2.26. The highest BCUT2D eigenvalue weighted by atomic mass is 16.3. The van der Waals surface area contributed by atoms with Gasteiger partial charge in [-0.1, -0.05) is 6.92 Å². The molecule has 1 heterocycles. The summed E-state index contributed by atoms with van der Waals surface area (Å²) in [5.74, 6) is 0.990. The Balaban J connectivity index is 2.28. The van der Waals surface area contributed by atoms with Gasteiger partial charge in [-0.05, 0) is 12.1 Å². The number of carbonyl (C=O) groups excluding carboxylic acids is 1. The van der Waals surface area contributed by atoms with E-state index in [1.165, 1.54) is 0 Å². The molecule has 5 nitrogen and oxygen atoms in total. The molecule has 90 valence electrons. The monoisotopic (exact) mass is 233 g/mol. The van der Waals surface area contributed by atoms with Crippen molar-refractivity contribution in [1.82, 2.24) is 4.90 Å². The van der Waals surface area contributed by atoms with Crippen LogP contribution in [0.25, 0.3) is 0 Å². The van der Waals surface area contributed by atoms with Crippen molar-refractivity contribution in [1.29, 1.82) is 0 Å². The topological polar surface area (TPSA) is 56.1 Å². The Hall–Kier alpha value is -2.04. The number of aldehydes is 1. The van der Waals surface area contributed by atoms with E-state index in [0.29, 0.717) is 18.5 Å². The van der Waals surface area contributed by atoms with Crippen LogP contribution in [-0.4, -0.2) is 35.8 Å². The van der Waals surface area contributed by atoms with Crippen molar-refractivity contribution >= 4 is 17.8 Å². The maximum atomic E-state index is 10.6. The normalized spacial score (nSPS) is 15.1. The Kier molecular flexibility index (Phi) is 2.99. The van der Waals surface area contributed by atoms with Crippen molar-refractivity contribution in [3.63, 3.8) is 0 Å². The Morgan fingerprint density at radius 1 is 1.53 bits per heavy atom. The van der Waals surface area contributed by atoms with E-state index >= 15 is 0 Å². The zero-order valence-electron chi connectivity index (χ0n) is 9.92. The van der Waals surface area contributed by atoms with Gasteiger partial charge in [0.1, 0.15) is 18.3 Å². The quantitative estimate of drug-likeness (QED) is 0.806. The number of hydrogen-bond acceptors (Lipinski definition) is 5. The first-order valence-corrected chi connectivity index (χ1v) is 5.50. The van der Waals surface area contributed by atoms with E-state index in [2.05, 4.69) is 5.10 Å². The molecule has 1 aliphatic heterocycles. The summed E-state index contributed by atoms with van der Waals surface area (Å²) in [5, 5.41) is 15.9. The van der Waals surface area contributed by atoms with Crippen molar-refractivity contribution < 1.29 is 9.90 Å². The minimum atomic E-state index is -0.0136. The fraction of sp³-hybridized carbons (Fsp3) is 0.333. The first-order valence-electron chi connectivity index (χ1n) is 5.50. The lowest BCUT2D eigenvalue weighted by atomic mass is 10.2. The van der Waals surface area contributed by atoms with Crippen LogP contribution in [0.4, 0.5) is 5.69 Å². The van der Waals surface area contributed by atoms with Gasteiger partial charge in [0.2, 0.25) is 0 Å². The summed E-state index contributed by atoms with van der Waals surface area (Å²) in [6, 6.07) is 4.93. The van der Waals surface area contributed by atoms with Crippen LogP contribution in [0.3, 0.4) is 0 Å². The van der Waals surface area contributed by atoms with Crippen LogP contribution in [0.1, 0.15) is 23.7 Å². The van der Waals surface area contributed by atoms with Crippen molar-refractivity contribution in [2.75, 3.05) is 18.7 Å². The van der Waals surface area contributed by atoms with Gasteiger partial charge in [-0.3, -0.25) is 4.79 Å². The lowest BCUT2D eigenvalue weighted by Gasteiger charge is -2.16. The molecule has 1 aromatic rings. The second-order valence-electron chi connectivity index (χ2n) is 3.97. The van der Waals surface area contributed by atoms with Gasteiger partial charge in [0.25, 0.3) is 0 Å². The molecule has 0 saturated carbocycles. The standard InChI is InChI=1S/C12H15N3O2/c1-3-12-13-15(8-14(12)2)10-5-4-9(7-16)11(17)6-10/h4-7,17H,3,8H2,1-2H3. The molecule has 0 aliphatic carbocycles. The molecule has 5 heteroatoms. The van der Waals surface area contributed by atoms with Gasteiger partial charge < -0.3 is 10.0 Å². The largest absolute Gasteiger partial charge is 0.507 e. The Bertz CT molecular complexity index is 471. The van der Waals surface area contributed by atoms with Crippen LogP contribution in [0.2, 0.25) is 0 Å². The van der Waals surface area contributed by atoms with Crippen LogP contribution >= 0.6 is 0 Å². The number of amidine groups is 1. The van der Waals surface area contributed by atoms with Gasteiger partial charge in [-0.25, -0.2) is 5.01 Å². The summed E-state index contributed by atoms with van der Waals surface area (Å²) in [6.07, 6.45) is 1.50.